The highest BCUT2D eigenvalue weighted by Gasteiger charge is 2.06. The molecular formula is C10H16N4O. The Hall–Kier alpha value is -1.62. The fraction of sp³-hybridized carbons (Fsp3) is 0.400. The van der Waals surface area contributed by atoms with E-state index >= 15 is 0 Å². The first-order valence-electron chi connectivity index (χ1n) is 4.74. The zero-order valence-corrected chi connectivity index (χ0v) is 9.03. The lowest BCUT2D eigenvalue weighted by Crippen LogP contribution is -2.33. The van der Waals surface area contributed by atoms with Gasteiger partial charge in [-0.2, -0.15) is 0 Å². The third-order valence-electron chi connectivity index (χ3n) is 2.10. The van der Waals surface area contributed by atoms with Crippen molar-refractivity contribution >= 4 is 11.7 Å². The van der Waals surface area contributed by atoms with Crippen LogP contribution in [0.1, 0.15) is 5.56 Å². The Balaban J connectivity index is 2.65. The van der Waals surface area contributed by atoms with Crippen LogP contribution in [0.25, 0.3) is 0 Å². The highest BCUT2D eigenvalue weighted by molar-refractivity contribution is 5.80. The Morgan fingerprint density at radius 1 is 1.60 bits per heavy atom. The Morgan fingerprint density at radius 2 is 2.33 bits per heavy atom. The molecule has 0 radical (unpaired) electrons. The van der Waals surface area contributed by atoms with Crippen molar-refractivity contribution in [2.75, 3.05) is 25.5 Å². The van der Waals surface area contributed by atoms with Gasteiger partial charge in [0.2, 0.25) is 5.91 Å². The number of nitrogens with two attached hydrogens (primary N) is 1. The number of amides is 1. The van der Waals surface area contributed by atoms with Gasteiger partial charge in [0, 0.05) is 26.8 Å². The van der Waals surface area contributed by atoms with Crippen molar-refractivity contribution < 1.29 is 4.79 Å². The first kappa shape index (κ1) is 11.5. The number of nitrogens with zero attached hydrogens (tertiary/aromatic N) is 2. The molecular weight excluding hydrogens is 192 g/mol. The summed E-state index contributed by atoms with van der Waals surface area (Å²) in [6.45, 7) is 0.776. The second-order valence-corrected chi connectivity index (χ2v) is 3.26. The number of pyridine rings is 1. The van der Waals surface area contributed by atoms with E-state index in [0.717, 1.165) is 11.4 Å². The van der Waals surface area contributed by atoms with E-state index in [9.17, 15) is 4.79 Å². The average Bonchev–Trinajstić information content (AvgIpc) is 2.29. The van der Waals surface area contributed by atoms with E-state index < -0.39 is 0 Å². The number of anilines is 1. The lowest BCUT2D eigenvalue weighted by molar-refractivity contribution is -0.119. The molecule has 0 saturated carbocycles. The molecule has 0 aliphatic rings. The van der Waals surface area contributed by atoms with E-state index in [1.807, 2.05) is 19.2 Å². The number of likely N-dealkylation sites (N-methyl/N-ethyl adjacent to an activating group) is 2. The first-order valence-corrected chi connectivity index (χ1v) is 4.74. The Morgan fingerprint density at radius 3 is 2.80 bits per heavy atom. The van der Waals surface area contributed by atoms with Crippen LogP contribution in [0.3, 0.4) is 0 Å². The molecule has 0 atom stereocenters. The van der Waals surface area contributed by atoms with Crippen LogP contribution in [-0.2, 0) is 11.3 Å². The molecule has 1 rings (SSSR count). The molecule has 1 amide bonds. The standard InChI is InChI=1S/C10H16N4O/c1-12-10(15)7-14(2)9-4-3-8(5-11)6-13-9/h3-4,6H,5,7,11H2,1-2H3,(H,12,15). The Kier molecular flexibility index (Phi) is 4.05. The smallest absolute Gasteiger partial charge is 0.239 e. The van der Waals surface area contributed by atoms with E-state index in [-0.39, 0.29) is 5.91 Å². The number of nitrogens with one attached hydrogen (secondary N) is 1. The summed E-state index contributed by atoms with van der Waals surface area (Å²) in [6, 6.07) is 3.76. The second-order valence-electron chi connectivity index (χ2n) is 3.26. The molecule has 0 aliphatic heterocycles. The fourth-order valence-electron chi connectivity index (χ4n) is 1.14. The third-order valence-corrected chi connectivity index (χ3v) is 2.10. The van der Waals surface area contributed by atoms with Crippen LogP contribution >= 0.6 is 0 Å². The van der Waals surface area contributed by atoms with Gasteiger partial charge in [-0.15, -0.1) is 0 Å². The second kappa shape index (κ2) is 5.31. The molecule has 5 nitrogen and oxygen atoms in total. The van der Waals surface area contributed by atoms with Gasteiger partial charge in [0.05, 0.1) is 6.54 Å². The Labute approximate surface area is 89.3 Å². The van der Waals surface area contributed by atoms with E-state index in [2.05, 4.69) is 10.3 Å². The van der Waals surface area contributed by atoms with Crippen molar-refractivity contribution in [3.8, 4) is 0 Å². The molecule has 1 aromatic heterocycles. The zero-order chi connectivity index (χ0) is 11.3. The van der Waals surface area contributed by atoms with Crippen LogP contribution in [-0.4, -0.2) is 31.5 Å². The van der Waals surface area contributed by atoms with Gasteiger partial charge in [0.25, 0.3) is 0 Å². The fourth-order valence-corrected chi connectivity index (χ4v) is 1.14. The maximum Gasteiger partial charge on any atom is 0.239 e. The summed E-state index contributed by atoms with van der Waals surface area (Å²) < 4.78 is 0. The van der Waals surface area contributed by atoms with Gasteiger partial charge in [0.1, 0.15) is 5.82 Å². The molecule has 3 N–H and O–H groups in total. The van der Waals surface area contributed by atoms with Crippen LogP contribution in [0.5, 0.6) is 0 Å². The number of carbonyl (C=O) groups is 1. The minimum atomic E-state index is -0.0396. The van der Waals surface area contributed by atoms with Crippen molar-refractivity contribution in [2.24, 2.45) is 5.73 Å². The molecule has 0 fully saturated rings. The lowest BCUT2D eigenvalue weighted by atomic mass is 10.3. The highest BCUT2D eigenvalue weighted by Crippen LogP contribution is 2.08. The maximum atomic E-state index is 11.1. The number of aromatic nitrogens is 1. The highest BCUT2D eigenvalue weighted by atomic mass is 16.1. The van der Waals surface area contributed by atoms with Gasteiger partial charge in [-0.1, -0.05) is 6.07 Å². The van der Waals surface area contributed by atoms with Gasteiger partial charge < -0.3 is 16.0 Å². The predicted octanol–water partition coefficient (Wildman–Crippen LogP) is -0.277. The van der Waals surface area contributed by atoms with Crippen LogP contribution in [0.15, 0.2) is 18.3 Å². The number of carbonyl (C=O) groups excluding carboxylic acids is 1. The van der Waals surface area contributed by atoms with Crippen molar-refractivity contribution in [3.05, 3.63) is 23.9 Å². The van der Waals surface area contributed by atoms with E-state index in [4.69, 9.17) is 5.73 Å². The summed E-state index contributed by atoms with van der Waals surface area (Å²) in [5, 5.41) is 2.56. The van der Waals surface area contributed by atoms with Gasteiger partial charge >= 0.3 is 0 Å². The SMILES string of the molecule is CNC(=O)CN(C)c1ccc(CN)cn1. The molecule has 0 unspecified atom stereocenters. The van der Waals surface area contributed by atoms with E-state index in [0.29, 0.717) is 13.1 Å². The quantitative estimate of drug-likeness (QED) is 0.714. The molecule has 15 heavy (non-hydrogen) atoms. The van der Waals surface area contributed by atoms with Crippen molar-refractivity contribution in [3.63, 3.8) is 0 Å². The summed E-state index contributed by atoms with van der Waals surface area (Å²) in [4.78, 5) is 17.1. The summed E-state index contributed by atoms with van der Waals surface area (Å²) in [6.07, 6.45) is 1.72. The molecule has 5 heteroatoms. The topological polar surface area (TPSA) is 71.2 Å². The minimum Gasteiger partial charge on any atom is -0.358 e. The van der Waals surface area contributed by atoms with Crippen molar-refractivity contribution in [1.82, 2.24) is 10.3 Å². The summed E-state index contributed by atoms with van der Waals surface area (Å²) in [7, 11) is 3.43. The largest absolute Gasteiger partial charge is 0.358 e. The first-order chi connectivity index (χ1) is 7.17. The maximum absolute atomic E-state index is 11.1. The summed E-state index contributed by atoms with van der Waals surface area (Å²) in [5.74, 6) is 0.720. The molecule has 1 heterocycles. The van der Waals surface area contributed by atoms with Gasteiger partial charge in [-0.25, -0.2) is 4.98 Å². The number of rotatable bonds is 4. The number of hydrogen-bond acceptors (Lipinski definition) is 4. The van der Waals surface area contributed by atoms with Crippen LogP contribution in [0.2, 0.25) is 0 Å². The van der Waals surface area contributed by atoms with E-state index in [1.54, 1.807) is 18.1 Å². The van der Waals surface area contributed by atoms with Crippen LogP contribution in [0, 0.1) is 0 Å². The molecule has 82 valence electrons. The van der Waals surface area contributed by atoms with Gasteiger partial charge in [-0.3, -0.25) is 4.79 Å². The molecule has 1 aromatic rings. The lowest BCUT2D eigenvalue weighted by Gasteiger charge is -2.16. The van der Waals surface area contributed by atoms with Gasteiger partial charge in [0.15, 0.2) is 0 Å². The van der Waals surface area contributed by atoms with Crippen molar-refractivity contribution in [2.45, 2.75) is 6.54 Å². The minimum absolute atomic E-state index is 0.0396. The monoisotopic (exact) mass is 208 g/mol. The van der Waals surface area contributed by atoms with Crippen LogP contribution in [0.4, 0.5) is 5.82 Å². The zero-order valence-electron chi connectivity index (χ0n) is 9.03. The molecule has 0 aromatic carbocycles. The summed E-state index contributed by atoms with van der Waals surface area (Å²) in [5.41, 5.74) is 6.44. The summed E-state index contributed by atoms with van der Waals surface area (Å²) >= 11 is 0. The Bertz CT molecular complexity index is 323. The van der Waals surface area contributed by atoms with Gasteiger partial charge in [-0.05, 0) is 11.6 Å². The third kappa shape index (κ3) is 3.21. The predicted molar refractivity (Wildman–Crippen MR) is 59.5 cm³/mol. The normalized spacial score (nSPS) is 9.80. The number of hydrogen-bond donors (Lipinski definition) is 2. The van der Waals surface area contributed by atoms with Crippen LogP contribution < -0.4 is 16.0 Å². The molecule has 0 spiro atoms. The van der Waals surface area contributed by atoms with E-state index in [1.165, 1.54) is 0 Å². The molecule has 0 bridgehead atoms. The average molecular weight is 208 g/mol. The molecule has 0 saturated heterocycles. The van der Waals surface area contributed by atoms with Crippen molar-refractivity contribution in [1.29, 1.82) is 0 Å². The molecule has 0 aliphatic carbocycles.